The molecule has 4 N–H and O–H groups in total. The summed E-state index contributed by atoms with van der Waals surface area (Å²) in [4.78, 5) is 11.6. The van der Waals surface area contributed by atoms with Gasteiger partial charge < -0.3 is 15.4 Å². The molecule has 0 radical (unpaired) electrons. The number of nitrogens with one attached hydrogen (secondary N) is 1. The number of phenolic OH excluding ortho intramolecular Hbond substituents is 1. The van der Waals surface area contributed by atoms with Crippen molar-refractivity contribution >= 4 is 22.9 Å². The Hall–Kier alpha value is -3.81. The number of aryl methyl sites for hydroxylation is 1. The van der Waals surface area contributed by atoms with E-state index >= 15 is 0 Å². The zero-order valence-corrected chi connectivity index (χ0v) is 19.1. The molecule has 0 bridgehead atoms. The maximum Gasteiger partial charge on any atom is 0.319 e. The molecule has 2 aromatic carbocycles. The van der Waals surface area contributed by atoms with Crippen LogP contribution in [-0.2, 0) is 6.42 Å². The number of amides is 2. The molecular weight excluding hydrogens is 404 g/mol. The Labute approximate surface area is 187 Å². The summed E-state index contributed by atoms with van der Waals surface area (Å²) >= 11 is 0. The summed E-state index contributed by atoms with van der Waals surface area (Å²) in [6.07, 6.45) is 2.83. The number of fused-ring (bicyclic) bond motifs is 1. The number of hydrogen-bond acceptors (Lipinski definition) is 4. The molecule has 2 heterocycles. The molecule has 0 aliphatic rings. The molecule has 0 aliphatic carbocycles. The van der Waals surface area contributed by atoms with Crippen LogP contribution in [0.5, 0.6) is 5.75 Å². The summed E-state index contributed by atoms with van der Waals surface area (Å²) in [5.74, 6) is 0.679. The molecule has 0 aliphatic heterocycles. The number of phenols is 1. The molecule has 0 atom stereocenters. The third-order valence-corrected chi connectivity index (χ3v) is 5.15. The van der Waals surface area contributed by atoms with Gasteiger partial charge in [-0.3, -0.25) is 9.88 Å². The number of benzene rings is 2. The Bertz CT molecular complexity index is 1240. The molecule has 2 aromatic heterocycles. The van der Waals surface area contributed by atoms with Gasteiger partial charge in [0, 0.05) is 17.6 Å². The molecule has 4 rings (SSSR count). The molecule has 32 heavy (non-hydrogen) atoms. The van der Waals surface area contributed by atoms with Crippen LogP contribution < -0.4 is 11.1 Å². The number of rotatable bonds is 5. The second-order valence-electron chi connectivity index (χ2n) is 7.40. The van der Waals surface area contributed by atoms with Crippen molar-refractivity contribution in [2.45, 2.75) is 47.1 Å². The van der Waals surface area contributed by atoms with E-state index in [1.165, 1.54) is 0 Å². The van der Waals surface area contributed by atoms with Crippen LogP contribution in [0, 0.1) is 0 Å². The average Bonchev–Trinajstić information content (AvgIpc) is 3.39. The molecule has 0 fully saturated rings. The fraction of sp³-hybridized carbons (Fsp3) is 0.292. The SMILES string of the molecule is CC.CCc1ccc(O)c(-c2nnc(NC(N)=O)n2-c2cccc3c2ccn3C(C)C)c1. The lowest BCUT2D eigenvalue weighted by atomic mass is 10.1. The number of anilines is 1. The molecule has 0 saturated heterocycles. The smallest absolute Gasteiger partial charge is 0.319 e. The van der Waals surface area contributed by atoms with E-state index in [2.05, 4.69) is 33.9 Å². The minimum atomic E-state index is -0.742. The van der Waals surface area contributed by atoms with E-state index in [-0.39, 0.29) is 17.7 Å². The molecule has 168 valence electrons. The normalized spacial score (nSPS) is 10.8. The minimum absolute atomic E-state index is 0.0819. The van der Waals surface area contributed by atoms with Gasteiger partial charge in [-0.15, -0.1) is 10.2 Å². The molecular formula is C24H30N6O2. The highest BCUT2D eigenvalue weighted by atomic mass is 16.3. The number of hydrogen-bond donors (Lipinski definition) is 3. The van der Waals surface area contributed by atoms with E-state index in [0.29, 0.717) is 11.4 Å². The Morgan fingerprint density at radius 1 is 1.16 bits per heavy atom. The number of carbonyl (C=O) groups excluding carboxylic acids is 1. The van der Waals surface area contributed by atoms with Gasteiger partial charge in [-0.25, -0.2) is 4.79 Å². The van der Waals surface area contributed by atoms with Crippen molar-refractivity contribution in [1.29, 1.82) is 0 Å². The predicted molar refractivity (Wildman–Crippen MR) is 128 cm³/mol. The quantitative estimate of drug-likeness (QED) is 0.398. The van der Waals surface area contributed by atoms with Gasteiger partial charge in [0.2, 0.25) is 5.95 Å². The average molecular weight is 435 g/mol. The molecule has 0 saturated carbocycles. The van der Waals surface area contributed by atoms with Crippen molar-refractivity contribution < 1.29 is 9.90 Å². The van der Waals surface area contributed by atoms with Gasteiger partial charge in [-0.1, -0.05) is 32.9 Å². The fourth-order valence-corrected chi connectivity index (χ4v) is 3.68. The van der Waals surface area contributed by atoms with E-state index in [0.717, 1.165) is 28.6 Å². The first kappa shape index (κ1) is 22.9. The van der Waals surface area contributed by atoms with Crippen molar-refractivity contribution in [2.75, 3.05) is 5.32 Å². The summed E-state index contributed by atoms with van der Waals surface area (Å²) in [5, 5.41) is 22.5. The summed E-state index contributed by atoms with van der Waals surface area (Å²) in [5.41, 5.74) is 8.76. The van der Waals surface area contributed by atoms with Crippen LogP contribution in [0.1, 0.15) is 46.2 Å². The van der Waals surface area contributed by atoms with Crippen molar-refractivity contribution in [3.8, 4) is 22.8 Å². The number of aromatic hydroxyl groups is 1. The van der Waals surface area contributed by atoms with Crippen LogP contribution in [0.15, 0.2) is 48.7 Å². The van der Waals surface area contributed by atoms with E-state index < -0.39 is 6.03 Å². The number of aromatic nitrogens is 4. The summed E-state index contributed by atoms with van der Waals surface area (Å²) in [6.45, 7) is 10.3. The third kappa shape index (κ3) is 4.16. The van der Waals surface area contributed by atoms with Gasteiger partial charge in [-0.05, 0) is 56.2 Å². The summed E-state index contributed by atoms with van der Waals surface area (Å²) < 4.78 is 3.88. The summed E-state index contributed by atoms with van der Waals surface area (Å²) in [7, 11) is 0. The first-order chi connectivity index (χ1) is 15.4. The van der Waals surface area contributed by atoms with Gasteiger partial charge >= 0.3 is 6.03 Å². The van der Waals surface area contributed by atoms with E-state index in [1.807, 2.05) is 63.4 Å². The molecule has 4 aromatic rings. The van der Waals surface area contributed by atoms with Crippen LogP contribution in [0.25, 0.3) is 28.0 Å². The maximum atomic E-state index is 11.6. The monoisotopic (exact) mass is 434 g/mol. The van der Waals surface area contributed by atoms with E-state index in [1.54, 1.807) is 10.6 Å². The number of urea groups is 1. The van der Waals surface area contributed by atoms with Crippen LogP contribution in [-0.4, -0.2) is 30.5 Å². The zero-order valence-electron chi connectivity index (χ0n) is 19.1. The van der Waals surface area contributed by atoms with Gasteiger partial charge in [0.1, 0.15) is 5.75 Å². The van der Waals surface area contributed by atoms with Crippen molar-refractivity contribution in [2.24, 2.45) is 5.73 Å². The van der Waals surface area contributed by atoms with Crippen LogP contribution in [0.2, 0.25) is 0 Å². The Balaban J connectivity index is 0.00000141. The highest BCUT2D eigenvalue weighted by Gasteiger charge is 2.21. The standard InChI is InChI=1S/C22H24N6O2.C2H6/c1-4-14-8-9-19(29)16(12-14)20-25-26-22(24-21(23)30)28(20)18-7-5-6-17-15(18)10-11-27(17)13(2)3;1-2/h5-13,29H,4H2,1-3H3,(H3,23,24,26,30);1-2H3. The lowest BCUT2D eigenvalue weighted by molar-refractivity contribution is 0.259. The lowest BCUT2D eigenvalue weighted by Gasteiger charge is -2.14. The Morgan fingerprint density at radius 3 is 2.56 bits per heavy atom. The Kier molecular flexibility index (Phi) is 6.82. The molecule has 0 unspecified atom stereocenters. The number of primary amides is 1. The second kappa shape index (κ2) is 9.55. The maximum absolute atomic E-state index is 11.6. The van der Waals surface area contributed by atoms with Gasteiger partial charge in [0.15, 0.2) is 5.82 Å². The van der Waals surface area contributed by atoms with Crippen LogP contribution in [0.4, 0.5) is 10.7 Å². The number of nitrogens with two attached hydrogens (primary N) is 1. The zero-order chi connectivity index (χ0) is 23.4. The number of nitrogens with zero attached hydrogens (tertiary/aromatic N) is 4. The van der Waals surface area contributed by atoms with Gasteiger partial charge in [0.25, 0.3) is 0 Å². The van der Waals surface area contributed by atoms with Gasteiger partial charge in [0.05, 0.1) is 16.8 Å². The first-order valence-electron chi connectivity index (χ1n) is 10.8. The van der Waals surface area contributed by atoms with Crippen molar-refractivity contribution in [1.82, 2.24) is 19.3 Å². The highest BCUT2D eigenvalue weighted by Crippen LogP contribution is 2.35. The van der Waals surface area contributed by atoms with Crippen molar-refractivity contribution in [3.05, 3.63) is 54.2 Å². The fourth-order valence-electron chi connectivity index (χ4n) is 3.68. The van der Waals surface area contributed by atoms with Crippen molar-refractivity contribution in [3.63, 3.8) is 0 Å². The third-order valence-electron chi connectivity index (χ3n) is 5.15. The highest BCUT2D eigenvalue weighted by molar-refractivity contribution is 5.92. The lowest BCUT2D eigenvalue weighted by Crippen LogP contribution is -2.22. The molecule has 2 amide bonds. The summed E-state index contributed by atoms with van der Waals surface area (Å²) in [6, 6.07) is 12.9. The largest absolute Gasteiger partial charge is 0.507 e. The molecule has 0 spiro atoms. The Morgan fingerprint density at radius 2 is 1.91 bits per heavy atom. The second-order valence-corrected chi connectivity index (χ2v) is 7.40. The van der Waals surface area contributed by atoms with E-state index in [9.17, 15) is 9.90 Å². The number of carbonyl (C=O) groups is 1. The first-order valence-corrected chi connectivity index (χ1v) is 10.8. The minimum Gasteiger partial charge on any atom is -0.507 e. The molecule has 8 heteroatoms. The van der Waals surface area contributed by atoms with E-state index in [4.69, 9.17) is 5.73 Å². The van der Waals surface area contributed by atoms with Crippen LogP contribution in [0.3, 0.4) is 0 Å². The van der Waals surface area contributed by atoms with Gasteiger partial charge in [-0.2, -0.15) is 0 Å². The van der Waals surface area contributed by atoms with Crippen LogP contribution >= 0.6 is 0 Å². The molecule has 8 nitrogen and oxygen atoms in total. The predicted octanol–water partition coefficient (Wildman–Crippen LogP) is 5.25. The topological polar surface area (TPSA) is 111 Å².